The van der Waals surface area contributed by atoms with E-state index in [1.807, 2.05) is 18.2 Å². The first-order valence-corrected chi connectivity index (χ1v) is 6.18. The Bertz CT molecular complexity index is 469. The van der Waals surface area contributed by atoms with Gasteiger partial charge >= 0.3 is 0 Å². The summed E-state index contributed by atoms with van der Waals surface area (Å²) in [6.07, 6.45) is 0. The minimum atomic E-state index is 0. The second-order valence-electron chi connectivity index (χ2n) is 4.28. The lowest BCUT2D eigenvalue weighted by Crippen LogP contribution is -2.47. The molecule has 0 saturated carbocycles. The monoisotopic (exact) mass is 324 g/mol. The van der Waals surface area contributed by atoms with Crippen LogP contribution in [0.4, 0.5) is 0 Å². The van der Waals surface area contributed by atoms with Crippen molar-refractivity contribution in [2.75, 3.05) is 32.8 Å². The predicted octanol–water partition coefficient (Wildman–Crippen LogP) is 1.26. The highest BCUT2D eigenvalue weighted by molar-refractivity contribution is 8.93. The largest absolute Gasteiger partial charge is 0.378 e. The number of aliphatic imine (C=N–C) groups is 1. The molecule has 1 saturated heterocycles. The molecule has 0 radical (unpaired) electrons. The van der Waals surface area contributed by atoms with E-state index in [-0.39, 0.29) is 17.0 Å². The van der Waals surface area contributed by atoms with Gasteiger partial charge in [-0.3, -0.25) is 0 Å². The molecule has 3 rings (SSSR count). The molecule has 2 heterocycles. The number of halogens is 1. The molecular weight excluding hydrogens is 308 g/mol. The summed E-state index contributed by atoms with van der Waals surface area (Å²) in [6.45, 7) is 3.90. The number of rotatable bonds is 1. The maximum absolute atomic E-state index is 5.32. The minimum Gasteiger partial charge on any atom is -0.378 e. The summed E-state index contributed by atoms with van der Waals surface area (Å²) in [7, 11) is 0. The van der Waals surface area contributed by atoms with Crippen LogP contribution >= 0.6 is 17.0 Å². The number of nitrogens with one attached hydrogen (secondary N) is 1. The first-order chi connectivity index (χ1) is 8.93. The summed E-state index contributed by atoms with van der Waals surface area (Å²) >= 11 is 0. The van der Waals surface area contributed by atoms with Crippen molar-refractivity contribution in [3.8, 4) is 0 Å². The van der Waals surface area contributed by atoms with Crippen LogP contribution in [-0.2, 0) is 4.74 Å². The van der Waals surface area contributed by atoms with E-state index in [1.165, 1.54) is 0 Å². The van der Waals surface area contributed by atoms with E-state index in [0.717, 1.165) is 43.5 Å². The van der Waals surface area contributed by atoms with Crippen LogP contribution in [0.15, 0.2) is 40.4 Å². The van der Waals surface area contributed by atoms with E-state index in [2.05, 4.69) is 32.6 Å². The van der Waals surface area contributed by atoms with Crippen molar-refractivity contribution in [2.24, 2.45) is 10.1 Å². The van der Waals surface area contributed by atoms with Crippen molar-refractivity contribution in [3.05, 3.63) is 35.9 Å². The molecule has 5 nitrogen and oxygen atoms in total. The molecule has 0 bridgehead atoms. The molecule has 1 aromatic carbocycles. The summed E-state index contributed by atoms with van der Waals surface area (Å²) in [4.78, 5) is 6.73. The molecule has 1 fully saturated rings. The second kappa shape index (κ2) is 6.68. The van der Waals surface area contributed by atoms with Gasteiger partial charge in [0.15, 0.2) is 0 Å². The maximum atomic E-state index is 5.32. The first kappa shape index (κ1) is 14.0. The number of nitrogens with zero attached hydrogens (tertiary/aromatic N) is 3. The number of guanidine groups is 1. The number of ether oxygens (including phenoxy) is 1. The van der Waals surface area contributed by atoms with Crippen LogP contribution < -0.4 is 5.43 Å². The molecule has 1 N–H and O–H groups in total. The maximum Gasteiger partial charge on any atom is 0.215 e. The summed E-state index contributed by atoms with van der Waals surface area (Å²) < 4.78 is 5.32. The first-order valence-electron chi connectivity index (χ1n) is 6.18. The van der Waals surface area contributed by atoms with Gasteiger partial charge in [-0.25, -0.2) is 10.4 Å². The molecule has 0 atom stereocenters. The number of benzene rings is 1. The quantitative estimate of drug-likeness (QED) is 0.846. The van der Waals surface area contributed by atoms with Crippen molar-refractivity contribution in [3.63, 3.8) is 0 Å². The van der Waals surface area contributed by atoms with Gasteiger partial charge in [0.1, 0.15) is 0 Å². The standard InChI is InChI=1S/C13H16N4O.BrH/c1-2-4-11(5-3-1)12-10-14-13(16-15-12)17-6-8-18-9-7-17;/h1-5H,6-10H2,(H,14,16);1H. The zero-order valence-electron chi connectivity index (χ0n) is 10.6. The van der Waals surface area contributed by atoms with E-state index in [9.17, 15) is 0 Å². The van der Waals surface area contributed by atoms with Crippen LogP contribution in [0.1, 0.15) is 5.56 Å². The fourth-order valence-corrected chi connectivity index (χ4v) is 2.07. The fraction of sp³-hybridized carbons (Fsp3) is 0.385. The molecule has 6 heteroatoms. The van der Waals surface area contributed by atoms with E-state index < -0.39 is 0 Å². The molecule has 19 heavy (non-hydrogen) atoms. The fourth-order valence-electron chi connectivity index (χ4n) is 2.07. The van der Waals surface area contributed by atoms with Gasteiger partial charge in [-0.05, 0) is 5.56 Å². The Morgan fingerprint density at radius 3 is 2.47 bits per heavy atom. The highest BCUT2D eigenvalue weighted by Crippen LogP contribution is 2.06. The zero-order valence-corrected chi connectivity index (χ0v) is 12.3. The van der Waals surface area contributed by atoms with Gasteiger partial charge in [-0.15, -0.1) is 17.0 Å². The van der Waals surface area contributed by atoms with Gasteiger partial charge in [0.2, 0.25) is 5.96 Å². The summed E-state index contributed by atoms with van der Waals surface area (Å²) in [5, 5.41) is 4.41. The van der Waals surface area contributed by atoms with E-state index in [1.54, 1.807) is 0 Å². The predicted molar refractivity (Wildman–Crippen MR) is 81.1 cm³/mol. The Balaban J connectivity index is 0.00000133. The van der Waals surface area contributed by atoms with Gasteiger partial charge < -0.3 is 9.64 Å². The third kappa shape index (κ3) is 3.33. The van der Waals surface area contributed by atoms with Crippen LogP contribution in [0.3, 0.4) is 0 Å². The highest BCUT2D eigenvalue weighted by atomic mass is 79.9. The smallest absolute Gasteiger partial charge is 0.215 e. The zero-order chi connectivity index (χ0) is 12.2. The van der Waals surface area contributed by atoms with Gasteiger partial charge in [-0.1, -0.05) is 30.3 Å². The SMILES string of the molecule is Br.c1ccc(C2=NNC(N3CCOCC3)=NC2)cc1. The number of morpholine rings is 1. The van der Waals surface area contributed by atoms with Crippen LogP contribution in [0, 0.1) is 0 Å². The number of hydrogen-bond donors (Lipinski definition) is 1. The van der Waals surface area contributed by atoms with Crippen molar-refractivity contribution in [1.82, 2.24) is 10.3 Å². The molecular formula is C13H17BrN4O. The molecule has 102 valence electrons. The topological polar surface area (TPSA) is 49.2 Å². The molecule has 2 aliphatic rings. The van der Waals surface area contributed by atoms with Crippen molar-refractivity contribution >= 4 is 28.7 Å². The Hall–Kier alpha value is -1.40. The summed E-state index contributed by atoms with van der Waals surface area (Å²) in [5.74, 6) is 0.859. The molecule has 0 spiro atoms. The molecule has 0 aliphatic carbocycles. The van der Waals surface area contributed by atoms with Crippen LogP contribution in [-0.4, -0.2) is 49.4 Å². The Morgan fingerprint density at radius 1 is 1.11 bits per heavy atom. The van der Waals surface area contributed by atoms with E-state index >= 15 is 0 Å². The molecule has 0 unspecified atom stereocenters. The lowest BCUT2D eigenvalue weighted by molar-refractivity contribution is 0.0664. The second-order valence-corrected chi connectivity index (χ2v) is 4.28. The Labute approximate surface area is 123 Å². The van der Waals surface area contributed by atoms with Gasteiger partial charge in [-0.2, -0.15) is 5.10 Å². The van der Waals surface area contributed by atoms with Crippen LogP contribution in [0.2, 0.25) is 0 Å². The number of hydrazone groups is 1. The molecule has 1 aromatic rings. The van der Waals surface area contributed by atoms with Gasteiger partial charge in [0, 0.05) is 13.1 Å². The van der Waals surface area contributed by atoms with Crippen molar-refractivity contribution < 1.29 is 4.74 Å². The highest BCUT2D eigenvalue weighted by Gasteiger charge is 2.17. The third-order valence-electron chi connectivity index (χ3n) is 3.09. The van der Waals surface area contributed by atoms with Crippen LogP contribution in [0.5, 0.6) is 0 Å². The van der Waals surface area contributed by atoms with Gasteiger partial charge in [0.25, 0.3) is 0 Å². The molecule has 2 aliphatic heterocycles. The van der Waals surface area contributed by atoms with Gasteiger partial charge in [0.05, 0.1) is 25.5 Å². The lowest BCUT2D eigenvalue weighted by atomic mass is 10.1. The third-order valence-corrected chi connectivity index (χ3v) is 3.09. The van der Waals surface area contributed by atoms with E-state index in [0.29, 0.717) is 6.54 Å². The van der Waals surface area contributed by atoms with Crippen LogP contribution in [0.25, 0.3) is 0 Å². The average molecular weight is 325 g/mol. The Kier molecular flexibility index (Phi) is 4.93. The number of hydrogen-bond acceptors (Lipinski definition) is 5. The van der Waals surface area contributed by atoms with Crippen molar-refractivity contribution in [1.29, 1.82) is 0 Å². The Morgan fingerprint density at radius 2 is 1.84 bits per heavy atom. The minimum absolute atomic E-state index is 0. The normalized spacial score (nSPS) is 18.8. The molecule has 0 aromatic heterocycles. The summed E-state index contributed by atoms with van der Waals surface area (Å²) in [5.41, 5.74) is 5.15. The lowest BCUT2D eigenvalue weighted by Gasteiger charge is -2.30. The summed E-state index contributed by atoms with van der Waals surface area (Å²) in [6, 6.07) is 10.1. The van der Waals surface area contributed by atoms with E-state index in [4.69, 9.17) is 4.74 Å². The average Bonchev–Trinajstić information content (AvgIpc) is 2.49. The van der Waals surface area contributed by atoms with Crippen molar-refractivity contribution in [2.45, 2.75) is 0 Å². The molecule has 0 amide bonds.